The highest BCUT2D eigenvalue weighted by Gasteiger charge is 2.39. The second-order valence-electron chi connectivity index (χ2n) is 5.83. The van der Waals surface area contributed by atoms with Crippen molar-refractivity contribution in [1.82, 2.24) is 9.88 Å². The molecule has 0 bridgehead atoms. The van der Waals surface area contributed by atoms with Crippen LogP contribution in [0.3, 0.4) is 0 Å². The number of hydrogen-bond acceptors (Lipinski definition) is 4. The minimum Gasteiger partial charge on any atom is -0.408 e. The third-order valence-corrected chi connectivity index (χ3v) is 3.98. The van der Waals surface area contributed by atoms with Gasteiger partial charge in [0.2, 0.25) is 5.91 Å². The zero-order valence-electron chi connectivity index (χ0n) is 11.8. The number of rotatable bonds is 5. The molecule has 3 rings (SSSR count). The van der Waals surface area contributed by atoms with Gasteiger partial charge >= 0.3 is 5.76 Å². The third-order valence-electron chi connectivity index (χ3n) is 3.98. The van der Waals surface area contributed by atoms with Crippen molar-refractivity contribution in [2.75, 3.05) is 6.54 Å². The number of hydrogen-bond donors (Lipinski definition) is 2. The Hall–Kier alpha value is -2.08. The number of carbonyl (C=O) groups excluding carboxylic acids is 1. The molecule has 1 saturated carbocycles. The normalized spacial score (nSPS) is 17.6. The first-order valence-electron chi connectivity index (χ1n) is 7.05. The van der Waals surface area contributed by atoms with E-state index in [1.807, 2.05) is 0 Å². The smallest absolute Gasteiger partial charge is 0.408 e. The van der Waals surface area contributed by atoms with Crippen LogP contribution in [0.5, 0.6) is 0 Å². The summed E-state index contributed by atoms with van der Waals surface area (Å²) in [5.41, 5.74) is 0.172. The maximum atomic E-state index is 12.0. The van der Waals surface area contributed by atoms with Gasteiger partial charge in [-0.05, 0) is 37.8 Å². The summed E-state index contributed by atoms with van der Waals surface area (Å²) in [5.74, 6) is -0.611. The summed E-state index contributed by atoms with van der Waals surface area (Å²) in [6, 6.07) is 6.96. The fraction of sp³-hybridized carbons (Fsp3) is 0.467. The van der Waals surface area contributed by atoms with Crippen LogP contribution >= 0.6 is 0 Å². The van der Waals surface area contributed by atoms with Crippen LogP contribution in [0.25, 0.3) is 11.1 Å². The first-order chi connectivity index (χ1) is 9.97. The number of nitrogens with zero attached hydrogens (tertiary/aromatic N) is 1. The molecular weight excluding hydrogens is 272 g/mol. The van der Waals surface area contributed by atoms with Gasteiger partial charge in [0.25, 0.3) is 0 Å². The number of nitrogens with one attached hydrogen (secondary N) is 1. The van der Waals surface area contributed by atoms with Crippen molar-refractivity contribution in [2.24, 2.45) is 5.92 Å². The summed E-state index contributed by atoms with van der Waals surface area (Å²) in [6.45, 7) is 1.81. The van der Waals surface area contributed by atoms with Gasteiger partial charge < -0.3 is 14.8 Å². The minimum atomic E-state index is -0.876. The van der Waals surface area contributed by atoms with E-state index in [1.165, 1.54) is 4.57 Å². The summed E-state index contributed by atoms with van der Waals surface area (Å²) in [6.07, 6.45) is 1.99. The van der Waals surface area contributed by atoms with Gasteiger partial charge in [-0.25, -0.2) is 4.79 Å². The molecule has 1 aliphatic rings. The number of benzene rings is 1. The summed E-state index contributed by atoms with van der Waals surface area (Å²) >= 11 is 0. The average molecular weight is 290 g/mol. The number of carbonyl (C=O) groups is 1. The molecule has 0 saturated heterocycles. The lowest BCUT2D eigenvalue weighted by atomic mass is 10.0. The van der Waals surface area contributed by atoms with Crippen molar-refractivity contribution in [3.05, 3.63) is 34.8 Å². The van der Waals surface area contributed by atoms with Gasteiger partial charge in [-0.2, -0.15) is 0 Å². The number of oxazole rings is 1. The maximum absolute atomic E-state index is 12.0. The Balaban J connectivity index is 1.69. The van der Waals surface area contributed by atoms with Crippen LogP contribution in [0.1, 0.15) is 19.8 Å². The molecule has 1 fully saturated rings. The molecule has 1 heterocycles. The number of aliphatic hydroxyl groups is 1. The lowest BCUT2D eigenvalue weighted by molar-refractivity contribution is -0.123. The topological polar surface area (TPSA) is 84.5 Å². The predicted molar refractivity (Wildman–Crippen MR) is 76.8 cm³/mol. The van der Waals surface area contributed by atoms with Crippen LogP contribution in [0.15, 0.2) is 33.5 Å². The third kappa shape index (κ3) is 2.85. The molecule has 2 aromatic rings. The van der Waals surface area contributed by atoms with E-state index in [4.69, 9.17) is 4.42 Å². The van der Waals surface area contributed by atoms with Crippen molar-refractivity contribution in [2.45, 2.75) is 31.9 Å². The van der Waals surface area contributed by atoms with Crippen LogP contribution in [0.4, 0.5) is 0 Å². The molecule has 1 atom stereocenters. The van der Waals surface area contributed by atoms with Gasteiger partial charge in [-0.15, -0.1) is 0 Å². The lowest BCUT2D eigenvalue weighted by Crippen LogP contribution is -2.43. The first kappa shape index (κ1) is 13.9. The molecule has 6 heteroatoms. The van der Waals surface area contributed by atoms with Crippen LogP contribution < -0.4 is 11.1 Å². The van der Waals surface area contributed by atoms with E-state index in [0.717, 1.165) is 12.8 Å². The van der Waals surface area contributed by atoms with Crippen molar-refractivity contribution >= 4 is 17.0 Å². The zero-order valence-corrected chi connectivity index (χ0v) is 11.8. The van der Waals surface area contributed by atoms with Crippen molar-refractivity contribution in [1.29, 1.82) is 0 Å². The van der Waals surface area contributed by atoms with Gasteiger partial charge in [-0.1, -0.05) is 12.1 Å². The molecule has 6 nitrogen and oxygen atoms in total. The number of aromatic nitrogens is 1. The highest BCUT2D eigenvalue weighted by molar-refractivity contribution is 5.79. The maximum Gasteiger partial charge on any atom is 0.420 e. The first-order valence-corrected chi connectivity index (χ1v) is 7.05. The van der Waals surface area contributed by atoms with E-state index in [-0.39, 0.29) is 24.9 Å². The fourth-order valence-electron chi connectivity index (χ4n) is 2.49. The van der Waals surface area contributed by atoms with E-state index in [1.54, 1.807) is 31.2 Å². The Morgan fingerprint density at radius 3 is 2.90 bits per heavy atom. The molecule has 0 aliphatic heterocycles. The Kier molecular flexibility index (Phi) is 3.33. The highest BCUT2D eigenvalue weighted by Crippen LogP contribution is 2.38. The van der Waals surface area contributed by atoms with Gasteiger partial charge in [-0.3, -0.25) is 9.36 Å². The largest absolute Gasteiger partial charge is 0.420 e. The number of fused-ring (bicyclic) bond motifs is 1. The molecule has 0 unspecified atom stereocenters. The van der Waals surface area contributed by atoms with E-state index >= 15 is 0 Å². The predicted octanol–water partition coefficient (Wildman–Crippen LogP) is 0.872. The fourth-order valence-corrected chi connectivity index (χ4v) is 2.49. The van der Waals surface area contributed by atoms with Crippen LogP contribution in [-0.4, -0.2) is 27.7 Å². The van der Waals surface area contributed by atoms with Crippen molar-refractivity contribution in [3.63, 3.8) is 0 Å². The van der Waals surface area contributed by atoms with E-state index < -0.39 is 11.4 Å². The van der Waals surface area contributed by atoms with E-state index in [2.05, 4.69) is 5.32 Å². The van der Waals surface area contributed by atoms with Gasteiger partial charge in [0, 0.05) is 6.54 Å². The molecule has 1 amide bonds. The zero-order chi connectivity index (χ0) is 15.0. The molecular formula is C15H18N2O4. The van der Waals surface area contributed by atoms with E-state index in [0.29, 0.717) is 11.1 Å². The Morgan fingerprint density at radius 2 is 2.19 bits per heavy atom. The Bertz CT molecular complexity index is 725. The molecule has 112 valence electrons. The van der Waals surface area contributed by atoms with E-state index in [9.17, 15) is 14.7 Å². The SMILES string of the molecule is C[C@@](O)(CNC(=O)Cn1c(=O)oc2ccccc21)C1CC1. The van der Waals surface area contributed by atoms with Gasteiger partial charge in [0.05, 0.1) is 11.1 Å². The number of amides is 1. The van der Waals surface area contributed by atoms with Gasteiger partial charge in [0.1, 0.15) is 6.54 Å². The quantitative estimate of drug-likeness (QED) is 0.856. The average Bonchev–Trinajstić information content (AvgIpc) is 3.25. The Labute approximate surface area is 121 Å². The van der Waals surface area contributed by atoms with Crippen LogP contribution in [0, 0.1) is 5.92 Å². The molecule has 0 spiro atoms. The molecule has 1 aromatic heterocycles. The van der Waals surface area contributed by atoms with Gasteiger partial charge in [0.15, 0.2) is 5.58 Å². The second kappa shape index (κ2) is 5.04. The number of para-hydroxylation sites is 2. The summed E-state index contributed by atoms with van der Waals surface area (Å²) < 4.78 is 6.36. The van der Waals surface area contributed by atoms with Crippen LogP contribution in [0.2, 0.25) is 0 Å². The molecule has 21 heavy (non-hydrogen) atoms. The molecule has 1 aliphatic carbocycles. The Morgan fingerprint density at radius 1 is 1.48 bits per heavy atom. The lowest BCUT2D eigenvalue weighted by Gasteiger charge is -2.23. The monoisotopic (exact) mass is 290 g/mol. The minimum absolute atomic E-state index is 0.114. The highest BCUT2D eigenvalue weighted by atomic mass is 16.4. The summed E-state index contributed by atoms with van der Waals surface area (Å²) in [7, 11) is 0. The molecule has 1 aromatic carbocycles. The molecule has 0 radical (unpaired) electrons. The van der Waals surface area contributed by atoms with Crippen LogP contribution in [-0.2, 0) is 11.3 Å². The standard InChI is InChI=1S/C15H18N2O4/c1-15(20,10-6-7-10)9-16-13(18)8-17-11-4-2-3-5-12(11)21-14(17)19/h2-5,10,20H,6-9H2,1H3,(H,16,18)/t15-/m1/s1. The summed E-state index contributed by atoms with van der Waals surface area (Å²) in [4.78, 5) is 23.7. The van der Waals surface area contributed by atoms with Crippen molar-refractivity contribution < 1.29 is 14.3 Å². The summed E-state index contributed by atoms with van der Waals surface area (Å²) in [5, 5.41) is 12.8. The van der Waals surface area contributed by atoms with Crippen molar-refractivity contribution in [3.8, 4) is 0 Å². The second-order valence-corrected chi connectivity index (χ2v) is 5.83. The molecule has 2 N–H and O–H groups in total.